The van der Waals surface area contributed by atoms with E-state index < -0.39 is 11.2 Å². The molecule has 1 aliphatic rings. The van der Waals surface area contributed by atoms with Gasteiger partial charge < -0.3 is 10.2 Å². The molecule has 0 bridgehead atoms. The van der Waals surface area contributed by atoms with Crippen LogP contribution in [0.25, 0.3) is 11.0 Å². The molecule has 176 valence electrons. The Kier molecular flexibility index (Phi) is 7.87. The highest BCUT2D eigenvalue weighted by atomic mass is 16.2. The summed E-state index contributed by atoms with van der Waals surface area (Å²) in [5.41, 5.74) is 0.150. The number of aryl methyl sites for hydroxylation is 1. The highest BCUT2D eigenvalue weighted by Gasteiger charge is 2.22. The number of likely N-dealkylation sites (tertiary alicyclic amines) is 1. The van der Waals surface area contributed by atoms with Gasteiger partial charge in [0.25, 0.3) is 11.5 Å². The molecule has 0 spiro atoms. The number of amides is 1. The summed E-state index contributed by atoms with van der Waals surface area (Å²) in [6.07, 6.45) is 3.20. The number of H-pyrrole nitrogens is 1. The summed E-state index contributed by atoms with van der Waals surface area (Å²) in [6, 6.07) is 1.68. The molecule has 2 aromatic heterocycles. The predicted octanol–water partition coefficient (Wildman–Crippen LogP) is 2.72. The van der Waals surface area contributed by atoms with E-state index in [-0.39, 0.29) is 28.4 Å². The van der Waals surface area contributed by atoms with Crippen molar-refractivity contribution in [3.63, 3.8) is 0 Å². The van der Waals surface area contributed by atoms with Gasteiger partial charge in [-0.1, -0.05) is 27.7 Å². The number of nitrogens with zero attached hydrogens (tertiary/aromatic N) is 3. The van der Waals surface area contributed by atoms with Crippen LogP contribution in [0, 0.1) is 11.8 Å². The average molecular weight is 444 g/mol. The standard InChI is InChI=1S/C24H37N5O3/c1-6-29-21-20(23(31)27-24(29)32)18(12-19(26-21)15(2)3)22(30)25-9-7-8-10-28-13-16(4)11-17(5)14-28/h12,15-17H,6-11,13-14H2,1-5H3,(H,25,30)(H,27,31,32)/t16-,17+. The number of hydrogen-bond donors (Lipinski definition) is 2. The van der Waals surface area contributed by atoms with Crippen LogP contribution in [0.1, 0.15) is 75.9 Å². The zero-order valence-electron chi connectivity index (χ0n) is 20.0. The molecule has 1 saturated heterocycles. The number of hydrogen-bond acceptors (Lipinski definition) is 5. The van der Waals surface area contributed by atoms with Crippen molar-refractivity contribution >= 4 is 16.9 Å². The van der Waals surface area contributed by atoms with Crippen molar-refractivity contribution in [2.45, 2.75) is 66.3 Å². The molecular formula is C24H37N5O3. The fourth-order valence-electron chi connectivity index (χ4n) is 4.79. The first-order chi connectivity index (χ1) is 15.2. The maximum absolute atomic E-state index is 13.0. The van der Waals surface area contributed by atoms with E-state index >= 15 is 0 Å². The predicted molar refractivity (Wildman–Crippen MR) is 127 cm³/mol. The van der Waals surface area contributed by atoms with Crippen LogP contribution in [-0.4, -0.2) is 51.5 Å². The minimum absolute atomic E-state index is 0.0555. The maximum atomic E-state index is 13.0. The SMILES string of the molecule is CCn1c(=O)[nH]c(=O)c2c(C(=O)NCCCCN3C[C@H](C)C[C@H](C)C3)cc(C(C)C)nc21. The molecule has 8 heteroatoms. The number of carbonyl (C=O) groups excluding carboxylic acids is 1. The van der Waals surface area contributed by atoms with E-state index in [1.54, 1.807) is 6.07 Å². The first-order valence-corrected chi connectivity index (χ1v) is 11.9. The molecule has 2 atom stereocenters. The van der Waals surface area contributed by atoms with E-state index in [0.717, 1.165) is 44.3 Å². The Morgan fingerprint density at radius 2 is 1.91 bits per heavy atom. The molecule has 32 heavy (non-hydrogen) atoms. The van der Waals surface area contributed by atoms with E-state index in [4.69, 9.17) is 0 Å². The molecule has 3 rings (SSSR count). The average Bonchev–Trinajstić information content (AvgIpc) is 2.72. The van der Waals surface area contributed by atoms with Crippen molar-refractivity contribution in [2.75, 3.05) is 26.2 Å². The normalized spacial score (nSPS) is 19.6. The van der Waals surface area contributed by atoms with Crippen molar-refractivity contribution in [2.24, 2.45) is 11.8 Å². The minimum Gasteiger partial charge on any atom is -0.352 e. The zero-order valence-corrected chi connectivity index (χ0v) is 20.0. The zero-order chi connectivity index (χ0) is 23.4. The third-order valence-electron chi connectivity index (χ3n) is 6.25. The van der Waals surface area contributed by atoms with Gasteiger partial charge in [0.15, 0.2) is 5.65 Å². The van der Waals surface area contributed by atoms with E-state index in [0.29, 0.717) is 18.8 Å². The number of unbranched alkanes of at least 4 members (excludes halogenated alkanes) is 1. The van der Waals surface area contributed by atoms with Gasteiger partial charge in [-0.3, -0.25) is 19.1 Å². The van der Waals surface area contributed by atoms with Crippen LogP contribution in [0.15, 0.2) is 15.7 Å². The molecule has 3 heterocycles. The number of rotatable bonds is 8. The van der Waals surface area contributed by atoms with Crippen molar-refractivity contribution < 1.29 is 4.79 Å². The van der Waals surface area contributed by atoms with E-state index in [1.807, 2.05) is 20.8 Å². The van der Waals surface area contributed by atoms with Gasteiger partial charge in [0.2, 0.25) is 0 Å². The second-order valence-electron chi connectivity index (χ2n) is 9.62. The van der Waals surface area contributed by atoms with Crippen molar-refractivity contribution in [3.8, 4) is 0 Å². The lowest BCUT2D eigenvalue weighted by atomic mass is 9.92. The third kappa shape index (κ3) is 5.46. The molecule has 0 unspecified atom stereocenters. The van der Waals surface area contributed by atoms with Gasteiger partial charge >= 0.3 is 5.69 Å². The summed E-state index contributed by atoms with van der Waals surface area (Å²) < 4.78 is 1.40. The Balaban J connectivity index is 1.72. The van der Waals surface area contributed by atoms with Crippen LogP contribution in [0.4, 0.5) is 0 Å². The minimum atomic E-state index is -0.573. The van der Waals surface area contributed by atoms with Gasteiger partial charge in [-0.25, -0.2) is 9.78 Å². The lowest BCUT2D eigenvalue weighted by molar-refractivity contribution is 0.0953. The van der Waals surface area contributed by atoms with Gasteiger partial charge in [0, 0.05) is 31.9 Å². The smallest absolute Gasteiger partial charge is 0.329 e. The largest absolute Gasteiger partial charge is 0.352 e. The third-order valence-corrected chi connectivity index (χ3v) is 6.25. The summed E-state index contributed by atoms with van der Waals surface area (Å²) in [5, 5.41) is 3.14. The molecule has 1 fully saturated rings. The van der Waals surface area contributed by atoms with Crippen LogP contribution in [0.2, 0.25) is 0 Å². The summed E-state index contributed by atoms with van der Waals surface area (Å²) in [6.45, 7) is 14.6. The maximum Gasteiger partial charge on any atom is 0.329 e. The highest BCUT2D eigenvalue weighted by Crippen LogP contribution is 2.21. The quantitative estimate of drug-likeness (QED) is 0.611. The second kappa shape index (κ2) is 10.4. The molecule has 2 N–H and O–H groups in total. The Bertz CT molecular complexity index is 1060. The van der Waals surface area contributed by atoms with E-state index in [1.165, 1.54) is 11.0 Å². The number of aromatic amines is 1. The van der Waals surface area contributed by atoms with E-state index in [2.05, 4.69) is 34.0 Å². The lowest BCUT2D eigenvalue weighted by Crippen LogP contribution is -2.39. The first kappa shape index (κ1) is 24.2. The number of nitrogens with one attached hydrogen (secondary N) is 2. The number of carbonyl (C=O) groups is 1. The highest BCUT2D eigenvalue weighted by molar-refractivity contribution is 6.05. The van der Waals surface area contributed by atoms with Crippen LogP contribution in [0.3, 0.4) is 0 Å². The van der Waals surface area contributed by atoms with Gasteiger partial charge in [0.05, 0.1) is 10.9 Å². The number of aromatic nitrogens is 3. The molecule has 0 saturated carbocycles. The second-order valence-corrected chi connectivity index (χ2v) is 9.62. The summed E-state index contributed by atoms with van der Waals surface area (Å²) in [7, 11) is 0. The molecule has 1 aliphatic heterocycles. The monoisotopic (exact) mass is 443 g/mol. The first-order valence-electron chi connectivity index (χ1n) is 11.9. The molecule has 8 nitrogen and oxygen atoms in total. The number of piperidine rings is 1. The van der Waals surface area contributed by atoms with Gasteiger partial charge in [0.1, 0.15) is 0 Å². The fourth-order valence-corrected chi connectivity index (χ4v) is 4.79. The molecule has 1 amide bonds. The topological polar surface area (TPSA) is 100 Å². The molecule has 0 radical (unpaired) electrons. The van der Waals surface area contributed by atoms with Crippen molar-refractivity contribution in [1.82, 2.24) is 24.8 Å². The summed E-state index contributed by atoms with van der Waals surface area (Å²) in [5.74, 6) is 1.24. The molecule has 0 aliphatic carbocycles. The van der Waals surface area contributed by atoms with Gasteiger partial charge in [-0.2, -0.15) is 0 Å². The molecular weight excluding hydrogens is 406 g/mol. The molecule has 0 aromatic carbocycles. The molecule has 2 aromatic rings. The lowest BCUT2D eigenvalue weighted by Gasteiger charge is -2.34. The van der Waals surface area contributed by atoms with Crippen molar-refractivity contribution in [1.29, 1.82) is 0 Å². The van der Waals surface area contributed by atoms with E-state index in [9.17, 15) is 14.4 Å². The summed E-state index contributed by atoms with van der Waals surface area (Å²) in [4.78, 5) is 47.2. The Morgan fingerprint density at radius 1 is 1.22 bits per heavy atom. The van der Waals surface area contributed by atoms with Crippen LogP contribution in [0.5, 0.6) is 0 Å². The van der Waals surface area contributed by atoms with Crippen LogP contribution >= 0.6 is 0 Å². The van der Waals surface area contributed by atoms with Crippen LogP contribution < -0.4 is 16.6 Å². The van der Waals surface area contributed by atoms with Crippen molar-refractivity contribution in [3.05, 3.63) is 38.2 Å². The fraction of sp³-hybridized carbons (Fsp3) is 0.667. The Hall–Kier alpha value is -2.48. The van der Waals surface area contributed by atoms with Gasteiger partial charge in [-0.15, -0.1) is 0 Å². The van der Waals surface area contributed by atoms with Gasteiger partial charge in [-0.05, 0) is 56.6 Å². The Morgan fingerprint density at radius 3 is 2.53 bits per heavy atom. The number of fused-ring (bicyclic) bond motifs is 1. The summed E-state index contributed by atoms with van der Waals surface area (Å²) >= 11 is 0. The van der Waals surface area contributed by atoms with Crippen LogP contribution in [-0.2, 0) is 6.54 Å². The Labute approximate surface area is 189 Å². The number of pyridine rings is 1.